The number of carbonyl (C=O) groups excluding carboxylic acids is 8. The van der Waals surface area contributed by atoms with Crippen LogP contribution in [0.2, 0.25) is 0 Å². The first-order chi connectivity index (χ1) is 57.3. The van der Waals surface area contributed by atoms with Crippen LogP contribution in [-0.2, 0) is 140 Å². The van der Waals surface area contributed by atoms with Crippen LogP contribution in [0.15, 0.2) is 0 Å². The Morgan fingerprint density at radius 3 is 0.888 bits per heavy atom. The van der Waals surface area contributed by atoms with Crippen molar-refractivity contribution in [2.24, 2.45) is 32.9 Å². The minimum Gasteiger partial charge on any atom is -0.870 e. The topological polar surface area (TPSA) is 520 Å². The number of hydrogen-bond donors (Lipinski definition) is 5. The summed E-state index contributed by atoms with van der Waals surface area (Å²) in [6.45, 7) is 24.0. The maximum absolute atomic E-state index is 12.1. The van der Waals surface area contributed by atoms with Crippen LogP contribution in [0.4, 0.5) is 8.78 Å². The first-order valence-corrected chi connectivity index (χ1v) is 50.1. The molecule has 748 valence electrons. The number of nitrogens with two attached hydrogens (primary N) is 1. The molecule has 34 nitrogen and oxygen atoms in total. The van der Waals surface area contributed by atoms with E-state index in [1.165, 1.54) is 40.0 Å². The van der Waals surface area contributed by atoms with Crippen LogP contribution in [0.25, 0.3) is 5.84 Å². The van der Waals surface area contributed by atoms with E-state index in [4.69, 9.17) is 85.7 Å². The Hall–Kier alpha value is -2.31. The van der Waals surface area contributed by atoms with Gasteiger partial charge in [0, 0.05) is 61.0 Å². The molecule has 0 radical (unpaired) electrons. The monoisotopic (exact) mass is 2100 g/mol. The average molecular weight is 2100 g/mol. The molecule has 0 amide bonds. The largest absolute Gasteiger partial charge is 1.00 e. The predicted octanol–water partition coefficient (Wildman–Crippen LogP) is 12.6. The third-order valence-corrected chi connectivity index (χ3v) is 18.1. The molecule has 0 aromatic rings. The smallest absolute Gasteiger partial charge is 0.870 e. The number of unbranched alkanes of at least 4 members (excludes halogenated alkanes) is 7. The molecule has 0 aliphatic carbocycles. The van der Waals surface area contributed by atoms with E-state index >= 15 is 0 Å². The van der Waals surface area contributed by atoms with Gasteiger partial charge in [0.05, 0.1) is 95.5 Å². The van der Waals surface area contributed by atoms with Crippen LogP contribution >= 0.6 is 68.3 Å². The van der Waals surface area contributed by atoms with Crippen molar-refractivity contribution >= 4 is 159 Å². The van der Waals surface area contributed by atoms with Gasteiger partial charge in [-0.15, -0.1) is 0 Å². The zero-order valence-electron chi connectivity index (χ0n) is 76.8. The molecule has 0 aromatic carbocycles. The second-order valence-electron chi connectivity index (χ2n) is 26.6. The van der Waals surface area contributed by atoms with Crippen molar-refractivity contribution in [1.29, 1.82) is 2.56 Å². The number of halogens is 5. The number of aliphatic hydroxyl groups excluding tert-OH is 2. The molecule has 125 heavy (non-hydrogen) atoms. The summed E-state index contributed by atoms with van der Waals surface area (Å²) in [4.78, 5) is 116. The third-order valence-electron chi connectivity index (χ3n) is 16.4. The summed E-state index contributed by atoms with van der Waals surface area (Å²) >= 11 is 10.9. The Bertz CT molecular complexity index is 2800. The fourth-order valence-corrected chi connectivity index (χ4v) is 10.6. The molecule has 46 heteroatoms. The van der Waals surface area contributed by atoms with Crippen LogP contribution in [0, 0.1) is 27.1 Å². The van der Waals surface area contributed by atoms with E-state index in [0.29, 0.717) is 71.0 Å². The quantitative estimate of drug-likeness (QED) is 0.00323. The molecule has 0 saturated carbocycles. The molecule has 2 aliphatic heterocycles. The van der Waals surface area contributed by atoms with Crippen LogP contribution in [-0.4, -0.2) is 253 Å². The van der Waals surface area contributed by atoms with Gasteiger partial charge < -0.3 is 94.4 Å². The third kappa shape index (κ3) is 84.4. The summed E-state index contributed by atoms with van der Waals surface area (Å²) in [5.41, 5.74) is -6.98. The van der Waals surface area contributed by atoms with Crippen LogP contribution in [0.1, 0.15) is 273 Å². The van der Waals surface area contributed by atoms with E-state index < -0.39 is 126 Å². The van der Waals surface area contributed by atoms with Gasteiger partial charge in [0.1, 0.15) is 0 Å². The molecule has 0 spiro atoms. The molecule has 8 N–H and O–H groups in total. The molecular weight excluding hydrogens is 1930 g/mol. The standard InChI is InChI=1S/C17H30O6.C13H24O7S.C12H21FO4.C12H22O5.C9H17BrO2.C8H13FO4.C4H9BrO.CH3ClO2S.3CH4.H3N2.Na.H2O.H2P2S.H3P/c1-4-20-15(18)17(3,16(19)21-5-2)11-7-9-13-23-14-10-6-8-12-22-14;1-5-18-11(14)13(3,12(15)19-6-2)9-7-8-10-20-21(4,16)17;2*1-4-16-10(14)12(3,8-6-7-9-13)11(15)17-5-2;10-6-2-4-8-12-9-5-1-3-7-11-9;1-8(6(10)11,7(12)13)4-2-3-5-9;5-3-1-2-4-6;1-5(2,3)4;;;;1-2;;;1-2-3;/h14H,4-13H2,1-3H3;5-10H2,1-4H3;4-9H2,1-3H3;13H,4-9H2,1-3H3;9H,1-8H2;2-5H2,1H3,(H,10,11)(H,12,13);6H,1-4H2;1H3;3*1H4;1H,2H2;;1H2;1H2;1H3/q;;;;;;;;;;;-1;+1;;;/i;;;;;;;;;;;;;;;1D/hT. The minimum absolute atomic E-state index is 0. The number of nitrogens with one attached hydrogen (secondary N) is 1. The van der Waals surface area contributed by atoms with E-state index in [1.807, 2.05) is 0 Å². The zero-order chi connectivity index (χ0) is 96.3. The maximum atomic E-state index is 12.1. The Kier molecular flexibility index (Phi) is 118. The number of aliphatic carboxylic acids is 2. The number of carbonyl (C=O) groups is 10. The number of rotatable bonds is 50. The van der Waals surface area contributed by atoms with Gasteiger partial charge in [-0.25, -0.2) is 8.42 Å². The van der Waals surface area contributed by atoms with E-state index in [-0.39, 0.29) is 168 Å². The molecule has 0 bridgehead atoms. The zero-order valence-corrected chi connectivity index (χ0v) is 86.4. The molecular formula is C79H161Br2ClF2N2NaO32P3S3. The molecule has 2 saturated heterocycles. The summed E-state index contributed by atoms with van der Waals surface area (Å²) in [5, 5.41) is 36.2. The number of carboxylic acid groups (broad SMARTS) is 2. The van der Waals surface area contributed by atoms with Crippen LogP contribution in [0.5, 0.6) is 0 Å². The van der Waals surface area contributed by atoms with Gasteiger partial charge in [-0.3, -0.25) is 60.9 Å². The van der Waals surface area contributed by atoms with Crippen molar-refractivity contribution in [3.05, 3.63) is 5.84 Å². The first kappa shape index (κ1) is 148. The van der Waals surface area contributed by atoms with Crippen molar-refractivity contribution in [3.63, 3.8) is 0 Å². The maximum Gasteiger partial charge on any atom is 1.00 e. The van der Waals surface area contributed by atoms with Gasteiger partial charge in [0.15, 0.2) is 58.5 Å². The molecule has 5 unspecified atom stereocenters. The van der Waals surface area contributed by atoms with Crippen molar-refractivity contribution in [1.82, 2.24) is 0 Å². The van der Waals surface area contributed by atoms with Crippen molar-refractivity contribution in [2.45, 2.75) is 285 Å². The Labute approximate surface area is 805 Å². The fourth-order valence-electron chi connectivity index (χ4n) is 9.40. The van der Waals surface area contributed by atoms with Gasteiger partial charge in [-0.1, -0.05) is 54.1 Å². The number of aliphatic hydroxyl groups is 2. The van der Waals surface area contributed by atoms with Crippen molar-refractivity contribution in [3.8, 4) is 0 Å². The van der Waals surface area contributed by atoms with Crippen molar-refractivity contribution < 1.29 is 190 Å². The fraction of sp³-hybridized carbons (Fsp3) is 0.873. The molecule has 2 aliphatic rings. The van der Waals surface area contributed by atoms with Gasteiger partial charge in [-0.05, 0) is 251 Å². The second kappa shape index (κ2) is 99.2. The molecule has 2 rings (SSSR count). The molecule has 2 fully saturated rings. The molecule has 2 heterocycles. The average Bonchev–Trinajstić information content (AvgIpc) is 0.821. The summed E-state index contributed by atoms with van der Waals surface area (Å²) in [5.74, 6) is 1.63. The summed E-state index contributed by atoms with van der Waals surface area (Å²) < 4.78 is 142. The Morgan fingerprint density at radius 1 is 0.488 bits per heavy atom. The number of carboxylic acids is 2. The number of hydrogen-bond acceptors (Lipinski definition) is 32. The van der Waals surface area contributed by atoms with Gasteiger partial charge >= 0.3 is 90.5 Å². The summed E-state index contributed by atoms with van der Waals surface area (Å²) in [6.07, 6.45) is 18.7. The Morgan fingerprint density at radius 2 is 0.696 bits per heavy atom. The molecule has 0 aromatic heterocycles. The van der Waals surface area contributed by atoms with E-state index in [9.17, 15) is 73.6 Å². The number of alkyl halides is 4. The van der Waals surface area contributed by atoms with E-state index in [0.717, 1.165) is 101 Å². The normalized spacial score (nSPS) is 13.3. The van der Waals surface area contributed by atoms with Crippen LogP contribution in [0.3, 0.4) is 0 Å². The first-order valence-electron chi connectivity index (χ1n) is 40.8. The summed E-state index contributed by atoms with van der Waals surface area (Å²) in [7, 11) is 1.71. The summed E-state index contributed by atoms with van der Waals surface area (Å²) in [6, 6.07) is 0. The van der Waals surface area contributed by atoms with Gasteiger partial charge in [-0.2, -0.15) is 18.3 Å². The van der Waals surface area contributed by atoms with Gasteiger partial charge in [0.2, 0.25) is 9.05 Å². The number of esters is 8. The van der Waals surface area contributed by atoms with Gasteiger partial charge in [0.25, 0.3) is 10.1 Å². The van der Waals surface area contributed by atoms with E-state index in [2.05, 4.69) is 73.3 Å². The minimum atomic E-state index is -3.47. The van der Waals surface area contributed by atoms with Crippen LogP contribution < -0.4 is 35.4 Å². The van der Waals surface area contributed by atoms with E-state index in [1.54, 1.807) is 72.2 Å². The second-order valence-corrected chi connectivity index (χ2v) is 35.6. The Balaban J connectivity index is -0.0000000965. The SMILES string of the molecule is BrCCCCOC1CCCCO1.C.C.C.CC(CCCCF)(C(=O)O)C(=O)O.CCOC(=O)C(C)(CCCCF)C(=O)OCC.CCOC(=O)C(C)(CCCCO)C(=O)OCC.CCOC(=O)C(C)(CCCCOC1CCCCO1)C(=O)OCC.CCOC(=O)C(C)(CCCCOS(C)(=O)=O)C(=O)OCC.CS(=O)(=O)Cl.OCCCCBr.[2H]P.[3H][P+](P)=S.[NH-]N.[Na+].[OH-]. The molecule has 5 atom stereocenters. The number of ether oxygens (including phenoxy) is 12. The predicted molar refractivity (Wildman–Crippen MR) is 498 cm³/mol. The van der Waals surface area contributed by atoms with Crippen molar-refractivity contribution in [2.75, 3.05) is 136 Å².